The Labute approximate surface area is 260 Å². The topological polar surface area (TPSA) is 165 Å². The van der Waals surface area contributed by atoms with Crippen molar-refractivity contribution >= 4 is 29.9 Å². The molecule has 0 spiro atoms. The number of nitrogens with one attached hydrogen (secondary N) is 2. The number of ether oxygens (including phenoxy) is 2. The molecule has 15 nitrogen and oxygen atoms in total. The number of hydrogen-bond acceptors (Lipinski definition) is 9. The van der Waals surface area contributed by atoms with E-state index in [1.54, 1.807) is 20.8 Å². The molecule has 2 N–H and O–H groups in total. The van der Waals surface area contributed by atoms with Crippen LogP contribution >= 0.6 is 0 Å². The standard InChI is InChI=1S/C30H39N7O8/c1-20(38)32-33-26(40)30(13-12-22-17-36(30)27(41)37(22)44-18-21-9-6-5-7-10-21)35-16-14-31-24(35)19-43-25(39)23-11-8-15-34(23)28(42)45-29(2,3)4/h5-7,9-10,14,16,22-23H,8,11-13,15,17-19H2,1-4H3,(H,32,38)(H,33,40)/t22-,23+,30+/m1/s1. The fraction of sp³-hybridized carbons (Fsp3) is 0.533. The molecule has 0 unspecified atom stereocenters. The van der Waals surface area contributed by atoms with Gasteiger partial charge in [0.25, 0.3) is 5.91 Å². The lowest BCUT2D eigenvalue weighted by Gasteiger charge is -2.43. The van der Waals surface area contributed by atoms with Crippen molar-refractivity contribution < 1.29 is 38.3 Å². The van der Waals surface area contributed by atoms with E-state index in [0.29, 0.717) is 25.8 Å². The zero-order valence-electron chi connectivity index (χ0n) is 25.9. The maximum Gasteiger partial charge on any atom is 0.411 e. The van der Waals surface area contributed by atoms with Gasteiger partial charge in [0, 0.05) is 38.8 Å². The second-order valence-electron chi connectivity index (χ2n) is 12.3. The van der Waals surface area contributed by atoms with Crippen LogP contribution in [0.25, 0.3) is 0 Å². The molecule has 5 amide bonds. The Morgan fingerprint density at radius 2 is 1.82 bits per heavy atom. The van der Waals surface area contributed by atoms with E-state index in [-0.39, 0.29) is 38.0 Å². The van der Waals surface area contributed by atoms with Gasteiger partial charge >= 0.3 is 18.1 Å². The van der Waals surface area contributed by atoms with E-state index in [0.717, 1.165) is 5.56 Å². The maximum atomic E-state index is 13.9. The first-order chi connectivity index (χ1) is 21.4. The number of likely N-dealkylation sites (tertiary alicyclic amines) is 1. The monoisotopic (exact) mass is 625 g/mol. The number of aromatic nitrogens is 2. The molecule has 3 aliphatic heterocycles. The van der Waals surface area contributed by atoms with Gasteiger partial charge in [-0.25, -0.2) is 19.4 Å². The largest absolute Gasteiger partial charge is 0.456 e. The Balaban J connectivity index is 1.36. The number of imidazole rings is 1. The normalized spacial score (nSPS) is 22.8. The van der Waals surface area contributed by atoms with Crippen LogP contribution in [-0.2, 0) is 47.6 Å². The summed E-state index contributed by atoms with van der Waals surface area (Å²) in [6, 6.07) is 7.74. The van der Waals surface area contributed by atoms with Gasteiger partial charge in [0.1, 0.15) is 30.7 Å². The summed E-state index contributed by atoms with van der Waals surface area (Å²) in [7, 11) is 0. The number of urea groups is 1. The summed E-state index contributed by atoms with van der Waals surface area (Å²) in [5.74, 6) is -1.62. The molecule has 3 saturated heterocycles. The number of rotatable bonds is 8. The molecule has 3 atom stereocenters. The predicted octanol–water partition coefficient (Wildman–Crippen LogP) is 2.18. The van der Waals surface area contributed by atoms with Gasteiger partial charge < -0.3 is 9.47 Å². The van der Waals surface area contributed by atoms with Crippen LogP contribution in [0.1, 0.15) is 64.8 Å². The van der Waals surface area contributed by atoms with Crippen LogP contribution in [0.4, 0.5) is 9.59 Å². The van der Waals surface area contributed by atoms with Gasteiger partial charge in [-0.15, -0.1) is 0 Å². The first-order valence-corrected chi connectivity index (χ1v) is 14.9. The summed E-state index contributed by atoms with van der Waals surface area (Å²) in [6.07, 6.45) is 3.95. The molecule has 15 heteroatoms. The molecule has 0 radical (unpaired) electrons. The second-order valence-corrected chi connectivity index (χ2v) is 12.3. The van der Waals surface area contributed by atoms with Crippen LogP contribution in [-0.4, -0.2) is 85.1 Å². The van der Waals surface area contributed by atoms with Crippen LogP contribution in [0.5, 0.6) is 0 Å². The molecule has 1 aromatic heterocycles. The summed E-state index contributed by atoms with van der Waals surface area (Å²) in [5.41, 5.74) is 3.23. The summed E-state index contributed by atoms with van der Waals surface area (Å²) in [5, 5.41) is 1.29. The van der Waals surface area contributed by atoms with E-state index in [2.05, 4.69) is 15.8 Å². The van der Waals surface area contributed by atoms with Crippen molar-refractivity contribution in [1.82, 2.24) is 35.3 Å². The lowest BCUT2D eigenvalue weighted by atomic mass is 9.93. The fourth-order valence-corrected chi connectivity index (χ4v) is 5.94. The molecule has 4 heterocycles. The minimum atomic E-state index is -1.66. The average Bonchev–Trinajstić information content (AvgIpc) is 3.73. The SMILES string of the molecule is CC(=O)NNC(=O)[C@]1(n2ccnc2COC(=O)[C@@H]2CCCN2C(=O)OC(C)(C)C)CC[C@@H]2CN1C(=O)N2OCc1ccccc1. The van der Waals surface area contributed by atoms with E-state index in [1.165, 1.54) is 38.7 Å². The number of hydroxylamine groups is 2. The van der Waals surface area contributed by atoms with Gasteiger partial charge in [-0.05, 0) is 45.6 Å². The highest BCUT2D eigenvalue weighted by Gasteiger charge is 2.59. The third-order valence-corrected chi connectivity index (χ3v) is 7.96. The Bertz CT molecular complexity index is 1440. The van der Waals surface area contributed by atoms with Crippen LogP contribution in [0, 0.1) is 0 Å². The van der Waals surface area contributed by atoms with Gasteiger partial charge in [-0.3, -0.25) is 39.6 Å². The molecule has 242 valence electrons. The highest BCUT2D eigenvalue weighted by Crippen LogP contribution is 2.41. The van der Waals surface area contributed by atoms with Crippen molar-refractivity contribution in [2.24, 2.45) is 0 Å². The molecule has 5 rings (SSSR count). The number of nitrogens with zero attached hydrogens (tertiary/aromatic N) is 5. The third-order valence-electron chi connectivity index (χ3n) is 7.96. The van der Waals surface area contributed by atoms with Gasteiger partial charge in [0.2, 0.25) is 11.6 Å². The Morgan fingerprint density at radius 1 is 1.07 bits per heavy atom. The molecule has 1 aromatic carbocycles. The van der Waals surface area contributed by atoms with Gasteiger partial charge in [-0.2, -0.15) is 5.06 Å². The van der Waals surface area contributed by atoms with E-state index >= 15 is 0 Å². The zero-order valence-corrected chi connectivity index (χ0v) is 25.9. The van der Waals surface area contributed by atoms with Crippen LogP contribution in [0.15, 0.2) is 42.7 Å². The Morgan fingerprint density at radius 3 is 2.53 bits per heavy atom. The molecule has 2 bridgehead atoms. The van der Waals surface area contributed by atoms with E-state index in [1.807, 2.05) is 30.3 Å². The molecule has 2 aromatic rings. The average molecular weight is 626 g/mol. The van der Waals surface area contributed by atoms with Crippen molar-refractivity contribution in [3.8, 4) is 0 Å². The van der Waals surface area contributed by atoms with Gasteiger partial charge in [0.05, 0.1) is 6.04 Å². The zero-order chi connectivity index (χ0) is 32.4. The molecule has 45 heavy (non-hydrogen) atoms. The fourth-order valence-electron chi connectivity index (χ4n) is 5.94. The predicted molar refractivity (Wildman–Crippen MR) is 156 cm³/mol. The minimum Gasteiger partial charge on any atom is -0.456 e. The van der Waals surface area contributed by atoms with Crippen molar-refractivity contribution in [1.29, 1.82) is 0 Å². The number of hydrogen-bond donors (Lipinski definition) is 2. The smallest absolute Gasteiger partial charge is 0.411 e. The number of fused-ring (bicyclic) bond motifs is 2. The number of carbonyl (C=O) groups excluding carboxylic acids is 5. The first kappa shape index (κ1) is 31.8. The number of hydrazine groups is 1. The number of benzene rings is 1. The quantitative estimate of drug-likeness (QED) is 0.330. The summed E-state index contributed by atoms with van der Waals surface area (Å²) in [6.45, 7) is 6.85. The van der Waals surface area contributed by atoms with E-state index in [4.69, 9.17) is 14.3 Å². The summed E-state index contributed by atoms with van der Waals surface area (Å²) in [4.78, 5) is 78.3. The van der Waals surface area contributed by atoms with E-state index in [9.17, 15) is 24.0 Å². The van der Waals surface area contributed by atoms with Crippen molar-refractivity contribution in [2.75, 3.05) is 13.1 Å². The number of carbonyl (C=O) groups is 5. The van der Waals surface area contributed by atoms with Crippen LogP contribution in [0.2, 0.25) is 0 Å². The van der Waals surface area contributed by atoms with Gasteiger partial charge in [-0.1, -0.05) is 30.3 Å². The van der Waals surface area contributed by atoms with E-state index < -0.39 is 47.2 Å². The molecule has 0 aliphatic carbocycles. The lowest BCUT2D eigenvalue weighted by Crippen LogP contribution is -2.64. The summed E-state index contributed by atoms with van der Waals surface area (Å²) < 4.78 is 12.6. The second kappa shape index (κ2) is 12.8. The molecule has 3 fully saturated rings. The Hall–Kier alpha value is -4.66. The summed E-state index contributed by atoms with van der Waals surface area (Å²) >= 11 is 0. The highest BCUT2D eigenvalue weighted by atomic mass is 16.7. The Kier molecular flexibility index (Phi) is 9.00. The first-order valence-electron chi connectivity index (χ1n) is 14.9. The lowest BCUT2D eigenvalue weighted by molar-refractivity contribution is -0.151. The van der Waals surface area contributed by atoms with Crippen molar-refractivity contribution in [3.05, 3.63) is 54.1 Å². The third kappa shape index (κ3) is 6.57. The van der Waals surface area contributed by atoms with Gasteiger partial charge in [0.15, 0.2) is 0 Å². The maximum absolute atomic E-state index is 13.9. The van der Waals surface area contributed by atoms with Crippen LogP contribution in [0.3, 0.4) is 0 Å². The minimum absolute atomic E-state index is 0.159. The number of piperidine rings is 1. The van der Waals surface area contributed by atoms with Crippen molar-refractivity contribution in [2.45, 2.75) is 89.9 Å². The molecular weight excluding hydrogens is 586 g/mol. The number of esters is 1. The highest BCUT2D eigenvalue weighted by molar-refractivity contribution is 5.91. The number of amides is 5. The molecular formula is C30H39N7O8. The van der Waals surface area contributed by atoms with Crippen LogP contribution < -0.4 is 10.9 Å². The van der Waals surface area contributed by atoms with Crippen molar-refractivity contribution in [3.63, 3.8) is 0 Å². The molecule has 0 saturated carbocycles. The molecule has 3 aliphatic rings.